The number of hydrogen-bond acceptors (Lipinski definition) is 0. The maximum absolute atomic E-state index is 2.53. The van der Waals surface area contributed by atoms with Crippen LogP contribution in [0.3, 0.4) is 0 Å². The molecule has 94 valence electrons. The molecule has 3 aliphatic rings. The predicted molar refractivity (Wildman–Crippen MR) is 75.6 cm³/mol. The molecule has 0 amide bonds. The largest absolute Gasteiger partial charge is 0.0851 e. The van der Waals surface area contributed by atoms with Gasteiger partial charge in [0.05, 0.1) is 0 Å². The van der Waals surface area contributed by atoms with Gasteiger partial charge in [-0.2, -0.15) is 0 Å². The van der Waals surface area contributed by atoms with Crippen molar-refractivity contribution in [1.29, 1.82) is 0 Å². The molecule has 1 spiro atoms. The summed E-state index contributed by atoms with van der Waals surface area (Å²) < 4.78 is 0. The Hall–Kier alpha value is -1.04. The number of fused-ring (bicyclic) bond motifs is 4. The smallest absolute Gasteiger partial charge is 0.0168 e. The highest BCUT2D eigenvalue weighted by Crippen LogP contribution is 2.57. The van der Waals surface area contributed by atoms with Gasteiger partial charge < -0.3 is 0 Å². The SMILES string of the molecule is CCc1ccc2c(c1)CCC1(C2)CC2C=CC1C2. The fourth-order valence-electron chi connectivity index (χ4n) is 4.70. The van der Waals surface area contributed by atoms with Crippen LogP contribution >= 0.6 is 0 Å². The van der Waals surface area contributed by atoms with Crippen molar-refractivity contribution in [1.82, 2.24) is 0 Å². The molecule has 0 nitrogen and oxygen atoms in total. The third-order valence-corrected chi connectivity index (χ3v) is 5.74. The van der Waals surface area contributed by atoms with Gasteiger partial charge in [0.2, 0.25) is 0 Å². The minimum atomic E-state index is 0.639. The van der Waals surface area contributed by atoms with Crippen LogP contribution < -0.4 is 0 Å². The van der Waals surface area contributed by atoms with Crippen molar-refractivity contribution < 1.29 is 0 Å². The van der Waals surface area contributed by atoms with Crippen LogP contribution in [0.4, 0.5) is 0 Å². The van der Waals surface area contributed by atoms with Crippen molar-refractivity contribution in [3.05, 3.63) is 47.0 Å². The molecule has 1 saturated carbocycles. The lowest BCUT2D eigenvalue weighted by Gasteiger charge is -2.40. The fourth-order valence-corrected chi connectivity index (χ4v) is 4.70. The molecule has 3 aliphatic carbocycles. The monoisotopic (exact) mass is 238 g/mol. The summed E-state index contributed by atoms with van der Waals surface area (Å²) in [7, 11) is 0. The number of benzene rings is 1. The van der Waals surface area contributed by atoms with Gasteiger partial charge in [-0.05, 0) is 72.5 Å². The summed E-state index contributed by atoms with van der Waals surface area (Å²) in [4.78, 5) is 0. The second-order valence-electron chi connectivity index (χ2n) is 6.69. The average molecular weight is 238 g/mol. The lowest BCUT2D eigenvalue weighted by atomic mass is 9.64. The molecule has 0 heteroatoms. The minimum absolute atomic E-state index is 0.639. The summed E-state index contributed by atoms with van der Waals surface area (Å²) in [5, 5.41) is 0. The quantitative estimate of drug-likeness (QED) is 0.639. The minimum Gasteiger partial charge on any atom is -0.0851 e. The van der Waals surface area contributed by atoms with E-state index in [-0.39, 0.29) is 0 Å². The summed E-state index contributed by atoms with van der Waals surface area (Å²) >= 11 is 0. The maximum Gasteiger partial charge on any atom is -0.0168 e. The van der Waals surface area contributed by atoms with E-state index in [9.17, 15) is 0 Å². The van der Waals surface area contributed by atoms with Crippen LogP contribution in [0.2, 0.25) is 0 Å². The maximum atomic E-state index is 2.53. The van der Waals surface area contributed by atoms with E-state index in [2.05, 4.69) is 37.3 Å². The number of hydrogen-bond donors (Lipinski definition) is 0. The molecule has 0 N–H and O–H groups in total. The molecule has 0 radical (unpaired) electrons. The summed E-state index contributed by atoms with van der Waals surface area (Å²) in [6.07, 6.45) is 13.2. The highest BCUT2D eigenvalue weighted by molar-refractivity contribution is 5.37. The van der Waals surface area contributed by atoms with Crippen molar-refractivity contribution >= 4 is 0 Å². The summed E-state index contributed by atoms with van der Waals surface area (Å²) in [5.74, 6) is 1.80. The molecule has 0 aromatic heterocycles. The van der Waals surface area contributed by atoms with E-state index in [0.717, 1.165) is 11.8 Å². The number of allylic oxidation sites excluding steroid dienone is 2. The Labute approximate surface area is 110 Å². The van der Waals surface area contributed by atoms with Crippen LogP contribution in [0, 0.1) is 17.3 Å². The summed E-state index contributed by atoms with van der Waals surface area (Å²) in [6.45, 7) is 2.26. The van der Waals surface area contributed by atoms with Gasteiger partial charge >= 0.3 is 0 Å². The van der Waals surface area contributed by atoms with Crippen LogP contribution in [0.1, 0.15) is 42.9 Å². The number of rotatable bonds is 1. The summed E-state index contributed by atoms with van der Waals surface area (Å²) in [5.41, 5.74) is 5.45. The Balaban J connectivity index is 1.68. The highest BCUT2D eigenvalue weighted by atomic mass is 14.5. The predicted octanol–water partition coefficient (Wildman–Crippen LogP) is 4.32. The van der Waals surface area contributed by atoms with Gasteiger partial charge in [-0.3, -0.25) is 0 Å². The van der Waals surface area contributed by atoms with Crippen LogP contribution in [-0.4, -0.2) is 0 Å². The van der Waals surface area contributed by atoms with E-state index in [4.69, 9.17) is 0 Å². The zero-order chi connectivity index (χ0) is 12.2. The van der Waals surface area contributed by atoms with Crippen molar-refractivity contribution in [3.8, 4) is 0 Å². The molecule has 3 unspecified atom stereocenters. The van der Waals surface area contributed by atoms with Crippen molar-refractivity contribution in [2.45, 2.75) is 45.4 Å². The molecular weight excluding hydrogens is 216 g/mol. The first-order chi connectivity index (χ1) is 8.79. The molecular formula is C18H22. The zero-order valence-corrected chi connectivity index (χ0v) is 11.3. The lowest BCUT2D eigenvalue weighted by molar-refractivity contribution is 0.195. The van der Waals surface area contributed by atoms with Crippen LogP contribution in [-0.2, 0) is 19.3 Å². The standard InChI is InChI=1S/C18H22/c1-2-13-3-5-16-12-18(8-7-15(16)9-13)11-14-4-6-17(18)10-14/h3-6,9,14,17H,2,7-8,10-12H2,1H3. The van der Waals surface area contributed by atoms with E-state index in [1.165, 1.54) is 44.1 Å². The average Bonchev–Trinajstić information content (AvgIpc) is 2.99. The lowest BCUT2D eigenvalue weighted by Crippen LogP contribution is -2.32. The second kappa shape index (κ2) is 3.73. The van der Waals surface area contributed by atoms with E-state index in [0.29, 0.717) is 5.41 Å². The van der Waals surface area contributed by atoms with Gasteiger partial charge in [0.25, 0.3) is 0 Å². The van der Waals surface area contributed by atoms with Gasteiger partial charge in [-0.15, -0.1) is 0 Å². The Bertz CT molecular complexity index is 511. The first-order valence-corrected chi connectivity index (χ1v) is 7.58. The molecule has 0 heterocycles. The summed E-state index contributed by atoms with van der Waals surface area (Å²) in [6, 6.07) is 7.23. The third kappa shape index (κ3) is 1.44. The molecule has 1 aromatic carbocycles. The first kappa shape index (κ1) is 10.8. The molecule has 2 bridgehead atoms. The van der Waals surface area contributed by atoms with E-state index >= 15 is 0 Å². The molecule has 3 atom stereocenters. The molecule has 1 aromatic rings. The van der Waals surface area contributed by atoms with Crippen molar-refractivity contribution in [2.75, 3.05) is 0 Å². The molecule has 18 heavy (non-hydrogen) atoms. The van der Waals surface area contributed by atoms with Crippen LogP contribution in [0.5, 0.6) is 0 Å². The Kier molecular flexibility index (Phi) is 2.24. The van der Waals surface area contributed by atoms with Gasteiger partial charge in [0.15, 0.2) is 0 Å². The Morgan fingerprint density at radius 2 is 2.17 bits per heavy atom. The Morgan fingerprint density at radius 3 is 2.89 bits per heavy atom. The normalized spacial score (nSPS) is 36.3. The van der Waals surface area contributed by atoms with Gasteiger partial charge in [-0.1, -0.05) is 37.3 Å². The molecule has 4 rings (SSSR count). The molecule has 0 saturated heterocycles. The van der Waals surface area contributed by atoms with Crippen LogP contribution in [0.25, 0.3) is 0 Å². The first-order valence-electron chi connectivity index (χ1n) is 7.58. The Morgan fingerprint density at radius 1 is 1.22 bits per heavy atom. The van der Waals surface area contributed by atoms with Crippen molar-refractivity contribution in [3.63, 3.8) is 0 Å². The fraction of sp³-hybridized carbons (Fsp3) is 0.556. The third-order valence-electron chi connectivity index (χ3n) is 5.74. The van der Waals surface area contributed by atoms with Gasteiger partial charge in [0, 0.05) is 0 Å². The topological polar surface area (TPSA) is 0 Å². The number of aryl methyl sites for hydroxylation is 2. The highest BCUT2D eigenvalue weighted by Gasteiger charge is 2.49. The van der Waals surface area contributed by atoms with Crippen LogP contribution in [0.15, 0.2) is 30.4 Å². The van der Waals surface area contributed by atoms with Crippen molar-refractivity contribution in [2.24, 2.45) is 17.3 Å². The van der Waals surface area contributed by atoms with E-state index < -0.39 is 0 Å². The van der Waals surface area contributed by atoms with E-state index in [1.54, 1.807) is 11.1 Å². The second-order valence-corrected chi connectivity index (χ2v) is 6.69. The zero-order valence-electron chi connectivity index (χ0n) is 11.3. The van der Waals surface area contributed by atoms with Gasteiger partial charge in [0.1, 0.15) is 0 Å². The van der Waals surface area contributed by atoms with E-state index in [1.807, 2.05) is 0 Å². The molecule has 1 fully saturated rings. The van der Waals surface area contributed by atoms with Gasteiger partial charge in [-0.25, -0.2) is 0 Å². The molecule has 0 aliphatic heterocycles.